The van der Waals surface area contributed by atoms with Crippen molar-refractivity contribution >= 4 is 22.8 Å². The molecule has 2 aromatic heterocycles. The Bertz CT molecular complexity index is 1360. The maximum Gasteiger partial charge on any atom is 0.246 e. The second kappa shape index (κ2) is 10.6. The highest BCUT2D eigenvalue weighted by atomic mass is 16.5. The average Bonchev–Trinajstić information content (AvgIpc) is 3.31. The molecule has 1 amide bonds. The molecule has 4 aromatic rings. The van der Waals surface area contributed by atoms with Crippen molar-refractivity contribution < 1.29 is 14.3 Å². The van der Waals surface area contributed by atoms with Crippen molar-refractivity contribution in [2.24, 2.45) is 0 Å². The molecule has 0 radical (unpaired) electrons. The zero-order valence-corrected chi connectivity index (χ0v) is 20.1. The Morgan fingerprint density at radius 3 is 2.50 bits per heavy atom. The molecular weight excluding hydrogens is 456 g/mol. The molecule has 2 aromatic carbocycles. The number of ether oxygens (including phenoxy) is 2. The van der Waals surface area contributed by atoms with Crippen LogP contribution in [0.1, 0.15) is 18.9 Å². The summed E-state index contributed by atoms with van der Waals surface area (Å²) in [6.07, 6.45) is 6.32. The molecule has 0 saturated carbocycles. The number of carbonyl (C=O) groups is 1. The number of amides is 1. The lowest BCUT2D eigenvalue weighted by atomic mass is 10.1. The van der Waals surface area contributed by atoms with Gasteiger partial charge >= 0.3 is 0 Å². The molecular formula is C27H28N6O3. The minimum absolute atomic E-state index is 0.000827. The summed E-state index contributed by atoms with van der Waals surface area (Å²) in [6.45, 7) is 1.71. The fraction of sp³-hybridized carbons (Fsp3) is 0.259. The smallest absolute Gasteiger partial charge is 0.246 e. The van der Waals surface area contributed by atoms with E-state index >= 15 is 0 Å². The number of nitrogens with zero attached hydrogens (tertiary/aromatic N) is 5. The topological polar surface area (TPSA) is 108 Å². The molecule has 2 N–H and O–H groups in total. The summed E-state index contributed by atoms with van der Waals surface area (Å²) in [6, 6.07) is 17.5. The number of hydrogen-bond donors (Lipinski definition) is 1. The number of rotatable bonds is 7. The van der Waals surface area contributed by atoms with Crippen LogP contribution in [0, 0.1) is 0 Å². The number of nitrogens with two attached hydrogens (primary N) is 1. The third kappa shape index (κ3) is 4.92. The number of aromatic nitrogens is 4. The van der Waals surface area contributed by atoms with Crippen molar-refractivity contribution in [1.82, 2.24) is 24.6 Å². The van der Waals surface area contributed by atoms with Gasteiger partial charge in [-0.2, -0.15) is 5.10 Å². The first-order valence-electron chi connectivity index (χ1n) is 11.9. The number of benzene rings is 2. The molecule has 0 aliphatic carbocycles. The molecule has 0 atom stereocenters. The number of carbonyl (C=O) groups excluding carboxylic acids is 1. The lowest BCUT2D eigenvalue weighted by Gasteiger charge is -2.31. The van der Waals surface area contributed by atoms with Crippen LogP contribution >= 0.6 is 0 Å². The van der Waals surface area contributed by atoms with Crippen LogP contribution in [0.5, 0.6) is 11.5 Å². The third-order valence-electron chi connectivity index (χ3n) is 6.27. The largest absolute Gasteiger partial charge is 0.457 e. The van der Waals surface area contributed by atoms with Crippen molar-refractivity contribution in [1.29, 1.82) is 0 Å². The third-order valence-corrected chi connectivity index (χ3v) is 6.27. The van der Waals surface area contributed by atoms with Crippen LogP contribution in [0.3, 0.4) is 0 Å². The summed E-state index contributed by atoms with van der Waals surface area (Å²) < 4.78 is 12.8. The molecule has 0 spiro atoms. The van der Waals surface area contributed by atoms with Gasteiger partial charge in [0.25, 0.3) is 0 Å². The van der Waals surface area contributed by atoms with Gasteiger partial charge < -0.3 is 20.1 Å². The minimum Gasteiger partial charge on any atom is -0.457 e. The van der Waals surface area contributed by atoms with Crippen molar-refractivity contribution in [3.8, 4) is 22.8 Å². The van der Waals surface area contributed by atoms with Gasteiger partial charge in [0.1, 0.15) is 29.3 Å². The summed E-state index contributed by atoms with van der Waals surface area (Å²) in [5, 5.41) is 5.68. The summed E-state index contributed by atoms with van der Waals surface area (Å²) in [5.74, 6) is 1.90. The number of para-hydroxylation sites is 1. The van der Waals surface area contributed by atoms with Crippen LogP contribution in [0.2, 0.25) is 0 Å². The summed E-state index contributed by atoms with van der Waals surface area (Å²) in [5.41, 5.74) is 8.62. The Hall–Kier alpha value is -4.24. The van der Waals surface area contributed by atoms with Gasteiger partial charge in [-0.25, -0.2) is 14.6 Å². The first-order valence-corrected chi connectivity index (χ1v) is 11.9. The predicted octanol–water partition coefficient (Wildman–Crippen LogP) is 4.23. The van der Waals surface area contributed by atoms with E-state index in [0.29, 0.717) is 31.2 Å². The van der Waals surface area contributed by atoms with E-state index in [1.807, 2.05) is 64.2 Å². The fourth-order valence-corrected chi connectivity index (χ4v) is 4.44. The van der Waals surface area contributed by atoms with Gasteiger partial charge in [-0.05, 0) is 49.2 Å². The van der Waals surface area contributed by atoms with Crippen LogP contribution in [0.15, 0.2) is 73.1 Å². The molecule has 1 aliphatic rings. The lowest BCUT2D eigenvalue weighted by molar-refractivity contribution is -0.127. The Labute approximate surface area is 209 Å². The number of methoxy groups -OCH3 is 1. The predicted molar refractivity (Wildman–Crippen MR) is 138 cm³/mol. The fourth-order valence-electron chi connectivity index (χ4n) is 4.44. The maximum atomic E-state index is 12.4. The monoisotopic (exact) mass is 484 g/mol. The molecule has 3 heterocycles. The molecule has 36 heavy (non-hydrogen) atoms. The summed E-state index contributed by atoms with van der Waals surface area (Å²) in [4.78, 5) is 23.0. The number of anilines is 1. The second-order valence-electron chi connectivity index (χ2n) is 8.60. The molecule has 0 unspecified atom stereocenters. The maximum absolute atomic E-state index is 12.4. The van der Waals surface area contributed by atoms with Crippen molar-refractivity contribution in [2.75, 3.05) is 32.5 Å². The first-order chi connectivity index (χ1) is 17.6. The number of hydrogen-bond acceptors (Lipinski definition) is 7. The van der Waals surface area contributed by atoms with E-state index in [4.69, 9.17) is 20.3 Å². The minimum atomic E-state index is 0.000827. The first kappa shape index (κ1) is 23.5. The quantitative estimate of drug-likeness (QED) is 0.391. The molecule has 5 rings (SSSR count). The zero-order valence-electron chi connectivity index (χ0n) is 20.1. The van der Waals surface area contributed by atoms with Gasteiger partial charge in [-0.1, -0.05) is 24.3 Å². The SMILES string of the molecule is COC/C=C/C(=O)N1CCC(n2nc(-c3ccc(Oc4ccccc4)cc3)c3c(N)ncnc32)CC1. The lowest BCUT2D eigenvalue weighted by Crippen LogP contribution is -2.38. The van der Waals surface area contributed by atoms with E-state index in [1.165, 1.54) is 6.33 Å². The van der Waals surface area contributed by atoms with Crippen molar-refractivity contribution in [3.05, 3.63) is 73.1 Å². The Morgan fingerprint density at radius 1 is 1.06 bits per heavy atom. The van der Waals surface area contributed by atoms with Crippen LogP contribution in [0.4, 0.5) is 5.82 Å². The Morgan fingerprint density at radius 2 is 1.78 bits per heavy atom. The number of fused-ring (bicyclic) bond motifs is 1. The average molecular weight is 485 g/mol. The standard InChI is InChI=1S/C27H28N6O3/c1-35-17-5-8-23(34)32-15-13-20(14-16-32)33-27-24(26(28)29-18-30-27)25(31-33)19-9-11-22(12-10-19)36-21-6-3-2-4-7-21/h2-12,18,20H,13-17H2,1H3,(H2,28,29,30)/b8-5+. The van der Waals surface area contributed by atoms with Gasteiger partial charge in [0, 0.05) is 31.8 Å². The van der Waals surface area contributed by atoms with E-state index in [2.05, 4.69) is 9.97 Å². The molecule has 0 bridgehead atoms. The van der Waals surface area contributed by atoms with Gasteiger partial charge in [0.15, 0.2) is 5.65 Å². The Balaban J connectivity index is 1.38. The molecule has 9 heteroatoms. The summed E-state index contributed by atoms with van der Waals surface area (Å²) in [7, 11) is 1.60. The van der Waals surface area contributed by atoms with Gasteiger partial charge in [0.05, 0.1) is 18.0 Å². The second-order valence-corrected chi connectivity index (χ2v) is 8.60. The van der Waals surface area contributed by atoms with Crippen molar-refractivity contribution in [2.45, 2.75) is 18.9 Å². The van der Waals surface area contributed by atoms with E-state index in [1.54, 1.807) is 19.3 Å². The normalized spacial score (nSPS) is 14.5. The van der Waals surface area contributed by atoms with Crippen molar-refractivity contribution in [3.63, 3.8) is 0 Å². The number of likely N-dealkylation sites (tertiary alicyclic amines) is 1. The molecule has 1 saturated heterocycles. The molecule has 9 nitrogen and oxygen atoms in total. The summed E-state index contributed by atoms with van der Waals surface area (Å²) >= 11 is 0. The van der Waals surface area contributed by atoms with Gasteiger partial charge in [-0.3, -0.25) is 4.79 Å². The van der Waals surface area contributed by atoms with E-state index in [9.17, 15) is 4.79 Å². The Kier molecular flexibility index (Phi) is 6.90. The van der Waals surface area contributed by atoms with Crippen LogP contribution in [-0.4, -0.2) is 57.4 Å². The number of nitrogen functional groups attached to an aromatic ring is 1. The number of piperidine rings is 1. The van der Waals surface area contributed by atoms with E-state index in [0.717, 1.165) is 41.0 Å². The molecule has 1 aliphatic heterocycles. The molecule has 1 fully saturated rings. The van der Waals surface area contributed by atoms with E-state index in [-0.39, 0.29) is 11.9 Å². The highest BCUT2D eigenvalue weighted by molar-refractivity contribution is 5.98. The van der Waals surface area contributed by atoms with Crippen LogP contribution < -0.4 is 10.5 Å². The zero-order chi connectivity index (χ0) is 24.9. The highest BCUT2D eigenvalue weighted by Crippen LogP contribution is 2.35. The van der Waals surface area contributed by atoms with Crippen LogP contribution in [0.25, 0.3) is 22.3 Å². The van der Waals surface area contributed by atoms with Crippen LogP contribution in [-0.2, 0) is 9.53 Å². The molecule has 184 valence electrons. The van der Waals surface area contributed by atoms with Gasteiger partial charge in [-0.15, -0.1) is 0 Å². The van der Waals surface area contributed by atoms with E-state index < -0.39 is 0 Å². The highest BCUT2D eigenvalue weighted by Gasteiger charge is 2.27. The van der Waals surface area contributed by atoms with Gasteiger partial charge in [0.2, 0.25) is 5.91 Å².